The minimum absolute atomic E-state index is 0.201. The zero-order valence-electron chi connectivity index (χ0n) is 8.08. The Kier molecular flexibility index (Phi) is 4.49. The monoisotopic (exact) mass is 372 g/mol. The first-order valence-corrected chi connectivity index (χ1v) is 7.02. The highest BCUT2D eigenvalue weighted by Crippen LogP contribution is 2.34. The van der Waals surface area contributed by atoms with E-state index in [1.807, 2.05) is 0 Å². The maximum atomic E-state index is 6.00. The molecule has 0 bridgehead atoms. The molecule has 17 heavy (non-hydrogen) atoms. The number of benzene rings is 1. The second-order valence-corrected chi connectivity index (χ2v) is 6.00. The van der Waals surface area contributed by atoms with Crippen molar-refractivity contribution in [1.29, 1.82) is 0 Å². The summed E-state index contributed by atoms with van der Waals surface area (Å²) in [4.78, 5) is 0. The van der Waals surface area contributed by atoms with Crippen LogP contribution in [0.4, 0.5) is 0 Å². The Balaban J connectivity index is 2.14. The molecule has 0 amide bonds. The SMILES string of the molecule is Clc1cc(OCc2nnsc2Cl)c(Cl)cc1Br. The summed E-state index contributed by atoms with van der Waals surface area (Å²) in [5, 5.41) is 4.81. The van der Waals surface area contributed by atoms with Crippen molar-refractivity contribution in [2.75, 3.05) is 0 Å². The lowest BCUT2D eigenvalue weighted by Crippen LogP contribution is -1.97. The summed E-state index contributed by atoms with van der Waals surface area (Å²) in [5.74, 6) is 0.476. The van der Waals surface area contributed by atoms with Gasteiger partial charge >= 0.3 is 0 Å². The molecule has 0 atom stereocenters. The minimum atomic E-state index is 0.201. The second-order valence-electron chi connectivity index (χ2n) is 2.98. The van der Waals surface area contributed by atoms with Crippen molar-refractivity contribution >= 4 is 62.3 Å². The van der Waals surface area contributed by atoms with E-state index in [1.54, 1.807) is 12.1 Å². The summed E-state index contributed by atoms with van der Waals surface area (Å²) in [6.07, 6.45) is 0. The number of rotatable bonds is 3. The van der Waals surface area contributed by atoms with Crippen LogP contribution in [0.5, 0.6) is 5.75 Å². The van der Waals surface area contributed by atoms with Gasteiger partial charge in [0.15, 0.2) is 0 Å². The third kappa shape index (κ3) is 3.23. The fraction of sp³-hybridized carbons (Fsp3) is 0.111. The van der Waals surface area contributed by atoms with Gasteiger partial charge in [-0.05, 0) is 22.0 Å². The Morgan fingerprint density at radius 3 is 2.65 bits per heavy atom. The van der Waals surface area contributed by atoms with E-state index in [0.29, 0.717) is 30.3 Å². The first-order valence-electron chi connectivity index (χ1n) is 4.32. The van der Waals surface area contributed by atoms with Gasteiger partial charge in [-0.2, -0.15) is 0 Å². The third-order valence-electron chi connectivity index (χ3n) is 1.85. The summed E-state index contributed by atoms with van der Waals surface area (Å²) >= 11 is 22.2. The van der Waals surface area contributed by atoms with Gasteiger partial charge in [-0.15, -0.1) is 5.10 Å². The van der Waals surface area contributed by atoms with Crippen LogP contribution in [0.1, 0.15) is 5.69 Å². The van der Waals surface area contributed by atoms with Crippen molar-refractivity contribution in [2.24, 2.45) is 0 Å². The first-order chi connectivity index (χ1) is 8.08. The van der Waals surface area contributed by atoms with Gasteiger partial charge in [0, 0.05) is 22.1 Å². The topological polar surface area (TPSA) is 35.0 Å². The van der Waals surface area contributed by atoms with Gasteiger partial charge in [0.1, 0.15) is 22.4 Å². The lowest BCUT2D eigenvalue weighted by Gasteiger charge is -2.08. The summed E-state index contributed by atoms with van der Waals surface area (Å²) in [5.41, 5.74) is 0.576. The first kappa shape index (κ1) is 13.4. The second kappa shape index (κ2) is 5.71. The van der Waals surface area contributed by atoms with Gasteiger partial charge in [-0.3, -0.25) is 0 Å². The minimum Gasteiger partial charge on any atom is -0.486 e. The quantitative estimate of drug-likeness (QED) is 0.721. The molecule has 0 aliphatic rings. The lowest BCUT2D eigenvalue weighted by molar-refractivity contribution is 0.301. The van der Waals surface area contributed by atoms with Gasteiger partial charge in [-0.1, -0.05) is 39.3 Å². The Labute approximate surface area is 125 Å². The van der Waals surface area contributed by atoms with Crippen molar-refractivity contribution < 1.29 is 4.74 Å². The molecule has 0 saturated heterocycles. The zero-order chi connectivity index (χ0) is 12.4. The Morgan fingerprint density at radius 2 is 2.00 bits per heavy atom. The molecule has 0 aliphatic heterocycles. The predicted molar refractivity (Wildman–Crippen MR) is 73.4 cm³/mol. The van der Waals surface area contributed by atoms with E-state index in [4.69, 9.17) is 39.5 Å². The fourth-order valence-electron chi connectivity index (χ4n) is 1.04. The maximum absolute atomic E-state index is 6.00. The molecule has 0 saturated carbocycles. The van der Waals surface area contributed by atoms with Gasteiger partial charge in [0.05, 0.1) is 10.0 Å². The summed E-state index contributed by atoms with van der Waals surface area (Å²) in [6, 6.07) is 3.29. The van der Waals surface area contributed by atoms with Gasteiger partial charge in [-0.25, -0.2) is 0 Å². The number of hydrogen-bond acceptors (Lipinski definition) is 4. The molecule has 0 aliphatic carbocycles. The Bertz CT molecular complexity index is 549. The third-order valence-corrected chi connectivity index (χ3v) is 4.33. The van der Waals surface area contributed by atoms with Crippen LogP contribution in [0.3, 0.4) is 0 Å². The molecule has 1 heterocycles. The van der Waals surface area contributed by atoms with E-state index in [0.717, 1.165) is 11.5 Å². The molecule has 0 radical (unpaired) electrons. The van der Waals surface area contributed by atoms with Crippen LogP contribution in [0.15, 0.2) is 16.6 Å². The van der Waals surface area contributed by atoms with E-state index >= 15 is 0 Å². The van der Waals surface area contributed by atoms with Crippen LogP contribution in [-0.2, 0) is 6.61 Å². The molecule has 8 heteroatoms. The number of ether oxygens (including phenoxy) is 1. The molecule has 0 N–H and O–H groups in total. The largest absolute Gasteiger partial charge is 0.486 e. The number of hydrogen-bond donors (Lipinski definition) is 0. The number of nitrogens with zero attached hydrogens (tertiary/aromatic N) is 2. The van der Waals surface area contributed by atoms with Crippen molar-refractivity contribution in [1.82, 2.24) is 9.59 Å². The molecule has 2 rings (SSSR count). The van der Waals surface area contributed by atoms with E-state index in [9.17, 15) is 0 Å². The number of halogens is 4. The maximum Gasteiger partial charge on any atom is 0.141 e. The lowest BCUT2D eigenvalue weighted by atomic mass is 10.3. The van der Waals surface area contributed by atoms with Crippen molar-refractivity contribution in [3.05, 3.63) is 36.7 Å². The van der Waals surface area contributed by atoms with Crippen LogP contribution in [0, 0.1) is 0 Å². The Morgan fingerprint density at radius 1 is 1.24 bits per heavy atom. The Hall–Kier alpha value is -0.0700. The van der Waals surface area contributed by atoms with Crippen molar-refractivity contribution in [3.63, 3.8) is 0 Å². The highest BCUT2D eigenvalue weighted by atomic mass is 79.9. The zero-order valence-corrected chi connectivity index (χ0v) is 12.8. The number of aromatic nitrogens is 2. The van der Waals surface area contributed by atoms with Crippen molar-refractivity contribution in [2.45, 2.75) is 6.61 Å². The normalized spacial score (nSPS) is 10.6. The average Bonchev–Trinajstić information content (AvgIpc) is 2.68. The molecule has 0 unspecified atom stereocenters. The molecule has 0 fully saturated rings. The molecule has 90 valence electrons. The van der Waals surface area contributed by atoms with Gasteiger partial charge in [0.2, 0.25) is 0 Å². The van der Waals surface area contributed by atoms with E-state index in [2.05, 4.69) is 25.5 Å². The standard InChI is InChI=1S/C9H4BrCl3N2OS/c10-4-1-6(12)8(2-5(4)11)16-3-7-9(13)17-15-14-7/h1-2H,3H2. The van der Waals surface area contributed by atoms with Gasteiger partial charge in [0.25, 0.3) is 0 Å². The fourth-order valence-corrected chi connectivity index (χ4v) is 2.49. The summed E-state index contributed by atoms with van der Waals surface area (Å²) < 4.78 is 10.4. The smallest absolute Gasteiger partial charge is 0.141 e. The molecule has 2 aromatic rings. The molecule has 3 nitrogen and oxygen atoms in total. The van der Waals surface area contributed by atoms with E-state index in [1.165, 1.54) is 0 Å². The summed E-state index contributed by atoms with van der Waals surface area (Å²) in [6.45, 7) is 0.201. The predicted octanol–water partition coefficient (Wildman–Crippen LogP) is 4.84. The molecule has 1 aromatic carbocycles. The molecular weight excluding hydrogens is 370 g/mol. The molecule has 1 aromatic heterocycles. The highest BCUT2D eigenvalue weighted by Gasteiger charge is 2.10. The van der Waals surface area contributed by atoms with E-state index in [-0.39, 0.29) is 6.61 Å². The van der Waals surface area contributed by atoms with Crippen LogP contribution in [-0.4, -0.2) is 9.59 Å². The van der Waals surface area contributed by atoms with Crippen LogP contribution < -0.4 is 4.74 Å². The van der Waals surface area contributed by atoms with Crippen LogP contribution in [0.25, 0.3) is 0 Å². The highest BCUT2D eigenvalue weighted by molar-refractivity contribution is 9.10. The van der Waals surface area contributed by atoms with E-state index < -0.39 is 0 Å². The van der Waals surface area contributed by atoms with Crippen molar-refractivity contribution in [3.8, 4) is 5.75 Å². The van der Waals surface area contributed by atoms with Crippen LogP contribution in [0.2, 0.25) is 14.4 Å². The average molecular weight is 374 g/mol. The summed E-state index contributed by atoms with van der Waals surface area (Å²) in [7, 11) is 0. The molecule has 0 spiro atoms. The molecular formula is C9H4BrCl3N2OS. The van der Waals surface area contributed by atoms with Gasteiger partial charge < -0.3 is 4.74 Å². The van der Waals surface area contributed by atoms with Crippen LogP contribution >= 0.6 is 62.3 Å².